The van der Waals surface area contributed by atoms with Gasteiger partial charge in [-0.1, -0.05) is 6.07 Å². The summed E-state index contributed by atoms with van der Waals surface area (Å²) in [6.45, 7) is -0.343. The zero-order valence-electron chi connectivity index (χ0n) is 10.00. The number of hydrogen-bond acceptors (Lipinski definition) is 2. The van der Waals surface area contributed by atoms with Gasteiger partial charge in [-0.2, -0.15) is 0 Å². The number of ketones is 1. The van der Waals surface area contributed by atoms with E-state index >= 15 is 0 Å². The molecule has 0 fully saturated rings. The molecule has 0 spiro atoms. The van der Waals surface area contributed by atoms with Crippen LogP contribution in [0.2, 0.25) is 0 Å². The quantitative estimate of drug-likeness (QED) is 0.686. The van der Waals surface area contributed by atoms with Gasteiger partial charge in [0.05, 0.1) is 14.5 Å². The number of Topliss-reactive ketones (excluding diaryl/α,β-unsaturated/α-hetero) is 1. The van der Waals surface area contributed by atoms with Crippen LogP contribution >= 0.6 is 31.9 Å². The molecule has 2 rings (SSSR count). The maximum atomic E-state index is 13.5. The first kappa shape index (κ1) is 15.1. The third-order valence-corrected chi connectivity index (χ3v) is 3.75. The maximum Gasteiger partial charge on any atom is 0.203 e. The lowest BCUT2D eigenvalue weighted by Gasteiger charge is -2.09. The predicted molar refractivity (Wildman–Crippen MR) is 78.0 cm³/mol. The Hall–Kier alpha value is -1.27. The van der Waals surface area contributed by atoms with Crippen LogP contribution < -0.4 is 4.74 Å². The summed E-state index contributed by atoms with van der Waals surface area (Å²) in [6.07, 6.45) is 0. The molecule has 2 aromatic carbocycles. The van der Waals surface area contributed by atoms with Gasteiger partial charge in [-0.3, -0.25) is 4.79 Å². The fraction of sp³-hybridized carbons (Fsp3) is 0.0714. The summed E-state index contributed by atoms with van der Waals surface area (Å²) in [4.78, 5) is 11.9. The highest BCUT2D eigenvalue weighted by Gasteiger charge is 2.15. The van der Waals surface area contributed by atoms with E-state index in [4.69, 9.17) is 4.74 Å². The maximum absolute atomic E-state index is 13.5. The van der Waals surface area contributed by atoms with E-state index < -0.39 is 17.4 Å². The molecule has 6 heteroatoms. The fourth-order valence-electron chi connectivity index (χ4n) is 1.55. The van der Waals surface area contributed by atoms with Crippen molar-refractivity contribution >= 4 is 37.6 Å². The Morgan fingerprint density at radius 3 is 2.35 bits per heavy atom. The molecule has 0 bridgehead atoms. The molecule has 0 unspecified atom stereocenters. The Morgan fingerprint density at radius 2 is 1.75 bits per heavy atom. The second kappa shape index (κ2) is 6.45. The van der Waals surface area contributed by atoms with Gasteiger partial charge in [-0.25, -0.2) is 8.78 Å². The summed E-state index contributed by atoms with van der Waals surface area (Å²) in [5, 5.41) is 0. The summed E-state index contributed by atoms with van der Waals surface area (Å²) in [7, 11) is 0. The Balaban J connectivity index is 2.13. The van der Waals surface area contributed by atoms with Crippen LogP contribution in [-0.2, 0) is 0 Å². The van der Waals surface area contributed by atoms with Crippen LogP contribution in [0.5, 0.6) is 5.75 Å². The van der Waals surface area contributed by atoms with Crippen molar-refractivity contribution in [3.8, 4) is 5.75 Å². The van der Waals surface area contributed by atoms with E-state index in [1.165, 1.54) is 0 Å². The van der Waals surface area contributed by atoms with Gasteiger partial charge < -0.3 is 4.74 Å². The number of halogens is 4. The van der Waals surface area contributed by atoms with E-state index in [0.29, 0.717) is 20.8 Å². The van der Waals surface area contributed by atoms with Gasteiger partial charge in [0.15, 0.2) is 6.61 Å². The zero-order valence-corrected chi connectivity index (χ0v) is 13.2. The normalized spacial score (nSPS) is 10.4. The van der Waals surface area contributed by atoms with Crippen LogP contribution in [0.4, 0.5) is 8.78 Å². The summed E-state index contributed by atoms with van der Waals surface area (Å²) in [5.41, 5.74) is -0.199. The van der Waals surface area contributed by atoms with Crippen LogP contribution in [0.1, 0.15) is 10.4 Å². The molecule has 0 saturated carbocycles. The molecule has 0 aromatic heterocycles. The molecule has 0 radical (unpaired) electrons. The summed E-state index contributed by atoms with van der Waals surface area (Å²) in [5.74, 6) is -1.74. The molecule has 20 heavy (non-hydrogen) atoms. The first-order valence-electron chi connectivity index (χ1n) is 5.54. The minimum atomic E-state index is -0.898. The molecule has 2 aromatic rings. The van der Waals surface area contributed by atoms with Gasteiger partial charge in [0.2, 0.25) is 5.78 Å². The molecular weight excluding hydrogens is 398 g/mol. The number of benzene rings is 2. The Kier molecular flexibility index (Phi) is 4.88. The van der Waals surface area contributed by atoms with Gasteiger partial charge in [-0.05, 0) is 56.1 Å². The smallest absolute Gasteiger partial charge is 0.203 e. The van der Waals surface area contributed by atoms with Crippen molar-refractivity contribution in [3.63, 3.8) is 0 Å². The van der Waals surface area contributed by atoms with E-state index in [9.17, 15) is 13.6 Å². The van der Waals surface area contributed by atoms with E-state index in [2.05, 4.69) is 31.9 Å². The molecule has 0 N–H and O–H groups in total. The van der Waals surface area contributed by atoms with Gasteiger partial charge in [0.25, 0.3) is 0 Å². The molecule has 0 aliphatic carbocycles. The summed E-state index contributed by atoms with van der Waals surface area (Å²) in [6, 6.07) is 8.10. The molecule has 0 atom stereocenters. The first-order chi connectivity index (χ1) is 9.49. The zero-order chi connectivity index (χ0) is 14.7. The fourth-order valence-corrected chi connectivity index (χ4v) is 2.78. The van der Waals surface area contributed by atoms with Crippen molar-refractivity contribution in [2.45, 2.75) is 0 Å². The summed E-state index contributed by atoms with van der Waals surface area (Å²) < 4.78 is 32.9. The second-order valence-electron chi connectivity index (χ2n) is 3.89. The van der Waals surface area contributed by atoms with Crippen molar-refractivity contribution < 1.29 is 18.3 Å². The lowest BCUT2D eigenvalue weighted by Crippen LogP contribution is -2.13. The van der Waals surface area contributed by atoms with Crippen molar-refractivity contribution in [3.05, 3.63) is 62.5 Å². The SMILES string of the molecule is O=C(COc1c(Br)cccc1Br)c1ccc(F)cc1F. The summed E-state index contributed by atoms with van der Waals surface area (Å²) >= 11 is 6.58. The molecule has 0 amide bonds. The molecular formula is C14H8Br2F2O2. The molecule has 2 nitrogen and oxygen atoms in total. The van der Waals surface area contributed by atoms with E-state index in [1.54, 1.807) is 18.2 Å². The van der Waals surface area contributed by atoms with Crippen LogP contribution in [0.25, 0.3) is 0 Å². The average molecular weight is 406 g/mol. The monoisotopic (exact) mass is 404 g/mol. The largest absolute Gasteiger partial charge is 0.483 e. The van der Waals surface area contributed by atoms with Crippen LogP contribution in [0.15, 0.2) is 45.3 Å². The van der Waals surface area contributed by atoms with Crippen molar-refractivity contribution in [2.75, 3.05) is 6.61 Å². The molecule has 0 heterocycles. The Labute approximate surface area is 131 Å². The highest BCUT2D eigenvalue weighted by Crippen LogP contribution is 2.33. The first-order valence-corrected chi connectivity index (χ1v) is 7.12. The number of para-hydroxylation sites is 1. The number of carbonyl (C=O) groups excluding carboxylic acids is 1. The van der Waals surface area contributed by atoms with Crippen molar-refractivity contribution in [2.24, 2.45) is 0 Å². The second-order valence-corrected chi connectivity index (χ2v) is 5.60. The molecule has 0 saturated heterocycles. The molecule has 104 valence electrons. The number of hydrogen-bond donors (Lipinski definition) is 0. The van der Waals surface area contributed by atoms with Crippen LogP contribution in [-0.4, -0.2) is 12.4 Å². The highest BCUT2D eigenvalue weighted by atomic mass is 79.9. The number of carbonyl (C=O) groups is 1. The average Bonchev–Trinajstić information content (AvgIpc) is 2.37. The standard InChI is InChI=1S/C14H8Br2F2O2/c15-10-2-1-3-11(16)14(10)20-7-13(19)9-5-4-8(17)6-12(9)18/h1-6H,7H2. The highest BCUT2D eigenvalue weighted by molar-refractivity contribution is 9.11. The minimum Gasteiger partial charge on any atom is -0.483 e. The third-order valence-electron chi connectivity index (χ3n) is 2.50. The van der Waals surface area contributed by atoms with Gasteiger partial charge in [-0.15, -0.1) is 0 Å². The minimum absolute atomic E-state index is 0.199. The van der Waals surface area contributed by atoms with Crippen molar-refractivity contribution in [1.82, 2.24) is 0 Å². The lowest BCUT2D eigenvalue weighted by molar-refractivity contribution is 0.0916. The Morgan fingerprint density at radius 1 is 1.10 bits per heavy atom. The topological polar surface area (TPSA) is 26.3 Å². The van der Waals surface area contributed by atoms with Gasteiger partial charge in [0, 0.05) is 6.07 Å². The van der Waals surface area contributed by atoms with E-state index in [1.807, 2.05) is 0 Å². The number of ether oxygens (including phenoxy) is 1. The number of rotatable bonds is 4. The molecule has 0 aliphatic heterocycles. The van der Waals surface area contributed by atoms with Crippen LogP contribution in [0, 0.1) is 11.6 Å². The third kappa shape index (κ3) is 3.43. The predicted octanol–water partition coefficient (Wildman–Crippen LogP) is 4.75. The van der Waals surface area contributed by atoms with Gasteiger partial charge >= 0.3 is 0 Å². The van der Waals surface area contributed by atoms with Gasteiger partial charge in [0.1, 0.15) is 17.4 Å². The van der Waals surface area contributed by atoms with Crippen LogP contribution in [0.3, 0.4) is 0 Å². The van der Waals surface area contributed by atoms with E-state index in [0.717, 1.165) is 12.1 Å². The Bertz CT molecular complexity index is 639. The molecule has 0 aliphatic rings. The van der Waals surface area contributed by atoms with Crippen molar-refractivity contribution in [1.29, 1.82) is 0 Å². The van der Waals surface area contributed by atoms with E-state index in [-0.39, 0.29) is 12.2 Å². The lowest BCUT2D eigenvalue weighted by atomic mass is 10.1.